The van der Waals surface area contributed by atoms with E-state index in [1.54, 1.807) is 0 Å². The van der Waals surface area contributed by atoms with Crippen LogP contribution in [0, 0.1) is 0 Å². The fourth-order valence-corrected chi connectivity index (χ4v) is 1.86. The maximum atomic E-state index is 12.8. The predicted octanol–water partition coefficient (Wildman–Crippen LogP) is 4.20. The number of carboxylic acids is 1. The standard InChI is InChI=1S/C13H8ClF3N2O2/c14-10-4-3-7(6-9(10)13(15,16)17)19-11-8(12(20)21)2-1-5-18-11/h1-6H,(H,18,19)(H,20,21). The fraction of sp³-hybridized carbons (Fsp3) is 0.0769. The van der Waals surface area contributed by atoms with E-state index < -0.39 is 22.7 Å². The lowest BCUT2D eigenvalue weighted by Gasteiger charge is -2.13. The number of carboxylic acid groups (broad SMARTS) is 1. The molecule has 0 spiro atoms. The molecule has 4 nitrogen and oxygen atoms in total. The van der Waals surface area contributed by atoms with Crippen molar-refractivity contribution in [1.82, 2.24) is 4.98 Å². The number of benzene rings is 1. The number of nitrogens with one attached hydrogen (secondary N) is 1. The van der Waals surface area contributed by atoms with Crippen LogP contribution >= 0.6 is 11.6 Å². The second-order valence-corrected chi connectivity index (χ2v) is 4.43. The van der Waals surface area contributed by atoms with Gasteiger partial charge in [-0.15, -0.1) is 0 Å². The average Bonchev–Trinajstić information content (AvgIpc) is 2.40. The van der Waals surface area contributed by atoms with Crippen molar-refractivity contribution in [3.05, 3.63) is 52.7 Å². The van der Waals surface area contributed by atoms with Crippen molar-refractivity contribution in [2.24, 2.45) is 0 Å². The molecule has 0 fully saturated rings. The molecule has 1 aromatic carbocycles. The highest BCUT2D eigenvalue weighted by molar-refractivity contribution is 6.31. The van der Waals surface area contributed by atoms with Crippen LogP contribution in [0.2, 0.25) is 5.02 Å². The topological polar surface area (TPSA) is 62.2 Å². The number of nitrogens with zero attached hydrogens (tertiary/aromatic N) is 1. The van der Waals surface area contributed by atoms with Gasteiger partial charge >= 0.3 is 12.1 Å². The lowest BCUT2D eigenvalue weighted by molar-refractivity contribution is -0.137. The zero-order valence-electron chi connectivity index (χ0n) is 10.3. The van der Waals surface area contributed by atoms with Crippen LogP contribution in [0.1, 0.15) is 15.9 Å². The van der Waals surface area contributed by atoms with Gasteiger partial charge in [0.25, 0.3) is 0 Å². The maximum absolute atomic E-state index is 12.8. The van der Waals surface area contributed by atoms with E-state index >= 15 is 0 Å². The number of carbonyl (C=O) groups is 1. The number of aromatic carboxylic acids is 1. The Labute approximate surface area is 122 Å². The third-order valence-electron chi connectivity index (χ3n) is 2.57. The quantitative estimate of drug-likeness (QED) is 0.891. The monoisotopic (exact) mass is 316 g/mol. The average molecular weight is 317 g/mol. The second-order valence-electron chi connectivity index (χ2n) is 4.02. The number of rotatable bonds is 3. The number of alkyl halides is 3. The molecule has 8 heteroatoms. The highest BCUT2D eigenvalue weighted by atomic mass is 35.5. The minimum atomic E-state index is -4.60. The molecule has 2 N–H and O–H groups in total. The molecule has 2 rings (SSSR count). The molecule has 0 saturated heterocycles. The van der Waals surface area contributed by atoms with Crippen LogP contribution in [-0.4, -0.2) is 16.1 Å². The van der Waals surface area contributed by atoms with Crippen molar-refractivity contribution in [2.75, 3.05) is 5.32 Å². The van der Waals surface area contributed by atoms with Crippen molar-refractivity contribution < 1.29 is 23.1 Å². The van der Waals surface area contributed by atoms with Gasteiger partial charge < -0.3 is 10.4 Å². The van der Waals surface area contributed by atoms with Crippen LogP contribution < -0.4 is 5.32 Å². The minimum absolute atomic E-state index is 0.0351. The van der Waals surface area contributed by atoms with Gasteiger partial charge in [0, 0.05) is 11.9 Å². The van der Waals surface area contributed by atoms with E-state index in [2.05, 4.69) is 10.3 Å². The van der Waals surface area contributed by atoms with Gasteiger partial charge in [0.05, 0.1) is 10.6 Å². The Morgan fingerprint density at radius 1 is 1.29 bits per heavy atom. The first-order valence-corrected chi connectivity index (χ1v) is 5.99. The lowest BCUT2D eigenvalue weighted by atomic mass is 10.2. The zero-order chi connectivity index (χ0) is 15.6. The number of halogens is 4. The normalized spacial score (nSPS) is 11.2. The Kier molecular flexibility index (Phi) is 4.04. The molecule has 1 aromatic heterocycles. The third-order valence-corrected chi connectivity index (χ3v) is 2.90. The van der Waals surface area contributed by atoms with Crippen LogP contribution in [0.3, 0.4) is 0 Å². The number of anilines is 2. The van der Waals surface area contributed by atoms with E-state index in [1.165, 1.54) is 24.4 Å². The summed E-state index contributed by atoms with van der Waals surface area (Å²) in [6.07, 6.45) is -3.27. The van der Waals surface area contributed by atoms with Crippen molar-refractivity contribution in [3.63, 3.8) is 0 Å². The molecule has 0 aliphatic heterocycles. The zero-order valence-corrected chi connectivity index (χ0v) is 11.0. The molecular weight excluding hydrogens is 309 g/mol. The molecule has 0 aliphatic rings. The highest BCUT2D eigenvalue weighted by Crippen LogP contribution is 2.36. The lowest BCUT2D eigenvalue weighted by Crippen LogP contribution is -2.08. The molecule has 1 heterocycles. The van der Waals surface area contributed by atoms with Crippen molar-refractivity contribution >= 4 is 29.1 Å². The van der Waals surface area contributed by atoms with Gasteiger partial charge in [-0.2, -0.15) is 13.2 Å². The molecule has 21 heavy (non-hydrogen) atoms. The first kappa shape index (κ1) is 15.1. The summed E-state index contributed by atoms with van der Waals surface area (Å²) >= 11 is 5.51. The van der Waals surface area contributed by atoms with E-state index in [0.717, 1.165) is 12.1 Å². The second kappa shape index (κ2) is 5.61. The summed E-state index contributed by atoms with van der Waals surface area (Å²) in [5, 5.41) is 11.1. The summed E-state index contributed by atoms with van der Waals surface area (Å²) < 4.78 is 38.3. The number of hydrogen-bond acceptors (Lipinski definition) is 3. The first-order valence-electron chi connectivity index (χ1n) is 5.61. The summed E-state index contributed by atoms with van der Waals surface area (Å²) in [6.45, 7) is 0. The Bertz CT molecular complexity index is 689. The molecule has 0 radical (unpaired) electrons. The van der Waals surface area contributed by atoms with Gasteiger partial charge in [0.2, 0.25) is 0 Å². The van der Waals surface area contributed by atoms with E-state index in [0.29, 0.717) is 0 Å². The Hall–Kier alpha value is -2.28. The molecule has 0 aliphatic carbocycles. The van der Waals surface area contributed by atoms with E-state index in [-0.39, 0.29) is 17.1 Å². The molecule has 0 amide bonds. The molecule has 0 bridgehead atoms. The molecule has 0 saturated carbocycles. The van der Waals surface area contributed by atoms with Gasteiger partial charge in [-0.05, 0) is 30.3 Å². The minimum Gasteiger partial charge on any atom is -0.478 e. The third kappa shape index (κ3) is 3.43. The number of hydrogen-bond donors (Lipinski definition) is 2. The summed E-state index contributed by atoms with van der Waals surface area (Å²) in [7, 11) is 0. The largest absolute Gasteiger partial charge is 0.478 e. The van der Waals surface area contributed by atoms with Crippen molar-refractivity contribution in [2.45, 2.75) is 6.18 Å². The summed E-state index contributed by atoms with van der Waals surface area (Å²) in [5.74, 6) is -1.30. The Morgan fingerprint density at radius 2 is 2.00 bits per heavy atom. The van der Waals surface area contributed by atoms with Crippen LogP contribution in [-0.2, 0) is 6.18 Å². The first-order chi connectivity index (χ1) is 9.79. The van der Waals surface area contributed by atoms with Crippen LogP contribution in [0.15, 0.2) is 36.5 Å². The smallest absolute Gasteiger partial charge is 0.417 e. The van der Waals surface area contributed by atoms with Crippen LogP contribution in [0.25, 0.3) is 0 Å². The summed E-state index contributed by atoms with van der Waals surface area (Å²) in [6, 6.07) is 5.88. The Morgan fingerprint density at radius 3 is 2.62 bits per heavy atom. The number of pyridine rings is 1. The van der Waals surface area contributed by atoms with Crippen LogP contribution in [0.5, 0.6) is 0 Å². The molecule has 0 unspecified atom stereocenters. The fourth-order valence-electron chi connectivity index (χ4n) is 1.63. The molecule has 110 valence electrons. The van der Waals surface area contributed by atoms with Gasteiger partial charge in [-0.3, -0.25) is 0 Å². The molecular formula is C13H8ClF3N2O2. The SMILES string of the molecule is O=C(O)c1cccnc1Nc1ccc(Cl)c(C(F)(F)F)c1. The highest BCUT2D eigenvalue weighted by Gasteiger charge is 2.33. The van der Waals surface area contributed by atoms with E-state index in [4.69, 9.17) is 16.7 Å². The van der Waals surface area contributed by atoms with Crippen molar-refractivity contribution in [1.29, 1.82) is 0 Å². The Balaban J connectivity index is 2.40. The van der Waals surface area contributed by atoms with Gasteiger partial charge in [0.1, 0.15) is 11.4 Å². The summed E-state index contributed by atoms with van der Waals surface area (Å²) in [5.41, 5.74) is -1.13. The summed E-state index contributed by atoms with van der Waals surface area (Å²) in [4.78, 5) is 14.8. The maximum Gasteiger partial charge on any atom is 0.417 e. The van der Waals surface area contributed by atoms with Crippen LogP contribution in [0.4, 0.5) is 24.7 Å². The van der Waals surface area contributed by atoms with E-state index in [9.17, 15) is 18.0 Å². The molecule has 0 atom stereocenters. The molecule has 2 aromatic rings. The van der Waals surface area contributed by atoms with Gasteiger partial charge in [-0.1, -0.05) is 11.6 Å². The van der Waals surface area contributed by atoms with E-state index in [1.807, 2.05) is 0 Å². The number of aromatic nitrogens is 1. The predicted molar refractivity (Wildman–Crippen MR) is 70.9 cm³/mol. The van der Waals surface area contributed by atoms with Gasteiger partial charge in [-0.25, -0.2) is 9.78 Å². The van der Waals surface area contributed by atoms with Gasteiger partial charge in [0.15, 0.2) is 0 Å². The van der Waals surface area contributed by atoms with Crippen molar-refractivity contribution in [3.8, 4) is 0 Å².